The third kappa shape index (κ3) is 79.9. The molecule has 0 saturated carbocycles. The van der Waals surface area contributed by atoms with Crippen LogP contribution in [0.1, 0.15) is 0 Å². The summed E-state index contributed by atoms with van der Waals surface area (Å²) >= 11 is 0. The number of hydrogen-bond donors (Lipinski definition) is 2. The zero-order valence-corrected chi connectivity index (χ0v) is 11.7. The maximum atomic E-state index is 8.33. The van der Waals surface area contributed by atoms with Crippen molar-refractivity contribution in [3.8, 4) is 0 Å². The van der Waals surface area contributed by atoms with Crippen LogP contribution >= 0.6 is 0 Å². The van der Waals surface area contributed by atoms with Gasteiger partial charge in [0.15, 0.2) is 0 Å². The van der Waals surface area contributed by atoms with Gasteiger partial charge in [-0.15, -0.1) is 0 Å². The second kappa shape index (κ2) is 22.5. The number of carboxylic acid groups (broad SMARTS) is 2. The van der Waals surface area contributed by atoms with Crippen molar-refractivity contribution in [2.24, 2.45) is 0 Å². The fraction of sp³-hybridized carbons (Fsp3) is 0. The molecule has 0 aromatic rings. The van der Waals surface area contributed by atoms with Gasteiger partial charge in [-0.2, -0.15) is 0 Å². The van der Waals surface area contributed by atoms with Crippen LogP contribution in [0.4, 0.5) is 4.79 Å². The number of carbonyl (C=O) groups is 1. The Morgan fingerprint density at radius 2 is 1.20 bits per heavy atom. The first-order valence-corrected chi connectivity index (χ1v) is 1.14. The zero-order chi connectivity index (χ0) is 6.99. The maximum Gasteiger partial charge on any atom is 1.00 e. The third-order valence-corrected chi connectivity index (χ3v) is 0.0333. The molecule has 0 spiro atoms. The summed E-state index contributed by atoms with van der Waals surface area (Å²) in [5, 5.41) is 35.7. The van der Waals surface area contributed by atoms with Gasteiger partial charge >= 0.3 is 103 Å². The molecule has 0 aliphatic heterocycles. The molecule has 2 N–H and O–H groups in total. The summed E-state index contributed by atoms with van der Waals surface area (Å²) in [4.78, 5) is 8.33. The van der Waals surface area contributed by atoms with Gasteiger partial charge in [-0.3, -0.25) is 0 Å². The fourth-order valence-electron chi connectivity index (χ4n) is 0. The van der Waals surface area contributed by atoms with E-state index >= 15 is 0 Å². The van der Waals surface area contributed by atoms with Crippen LogP contribution in [0.25, 0.3) is 0 Å². The molecule has 0 aromatic carbocycles. The minimum atomic E-state index is -2.33. The molecule has 50 valence electrons. The van der Waals surface area contributed by atoms with Gasteiger partial charge < -0.3 is 15.0 Å². The summed E-state index contributed by atoms with van der Waals surface area (Å²) in [6, 6.07) is 0. The number of rotatable bonds is 1. The van der Waals surface area contributed by atoms with Crippen molar-refractivity contribution in [3.63, 3.8) is 0 Å². The van der Waals surface area contributed by atoms with E-state index < -0.39 is 6.16 Å². The molecule has 0 rings (SSSR count). The number of carbonyl (C=O) groups excluding carboxylic acids is 1. The molecule has 0 radical (unpaired) electrons. The van der Waals surface area contributed by atoms with Crippen LogP contribution in [0.2, 0.25) is 0 Å². The van der Waals surface area contributed by atoms with E-state index in [1.165, 1.54) is 0 Å². The predicted octanol–water partition coefficient (Wildman–Crippen LogP) is -8.56. The van der Waals surface area contributed by atoms with E-state index in [1.54, 1.807) is 0 Å². The van der Waals surface area contributed by atoms with Crippen molar-refractivity contribution in [2.45, 2.75) is 0 Å². The fourth-order valence-corrected chi connectivity index (χ4v) is 0. The van der Waals surface area contributed by atoms with Crippen molar-refractivity contribution in [1.82, 2.24) is 0 Å². The summed E-state index contributed by atoms with van der Waals surface area (Å²) in [7, 11) is 0. The van der Waals surface area contributed by atoms with E-state index in [0.29, 0.717) is 0 Å². The molecule has 0 amide bonds. The van der Waals surface area contributed by atoms with Crippen molar-refractivity contribution in [2.75, 3.05) is 0 Å². The standard InChI is InChI=1S/CH2O3.2K.H2O4/c2-1(3)4;;;1-3-4-2/h(H2,2,3,4);;;1-2H/q;2*+1;/p-2. The van der Waals surface area contributed by atoms with Crippen LogP contribution < -0.4 is 113 Å². The largest absolute Gasteiger partial charge is 1.00 e. The van der Waals surface area contributed by atoms with Crippen LogP contribution in [-0.2, 0) is 10.1 Å². The molecule has 0 aliphatic rings. The maximum absolute atomic E-state index is 8.33. The van der Waals surface area contributed by atoms with E-state index in [9.17, 15) is 0 Å². The summed E-state index contributed by atoms with van der Waals surface area (Å²) in [5.74, 6) is 0. The molecule has 0 fully saturated rings. The van der Waals surface area contributed by atoms with Gasteiger partial charge in [-0.05, 0) is 16.2 Å². The Hall–Kier alpha value is 2.38. The Morgan fingerprint density at radius 1 is 1.10 bits per heavy atom. The Labute approximate surface area is 141 Å². The van der Waals surface area contributed by atoms with Crippen molar-refractivity contribution >= 4 is 6.16 Å². The average Bonchev–Trinajstić information content (AvgIpc) is 1.65. The van der Waals surface area contributed by atoms with E-state index in [4.69, 9.17) is 25.5 Å². The Bertz CT molecular complexity index is 49.6. The minimum absolute atomic E-state index is 0. The molecule has 0 heterocycles. The van der Waals surface area contributed by atoms with Crippen LogP contribution in [-0.4, -0.2) is 16.7 Å². The SMILES string of the molecule is O=C([O-])[O-].OOOO.[K+].[K+]. The average molecular weight is 204 g/mol. The molecule has 10 heavy (non-hydrogen) atoms. The molecule has 0 unspecified atom stereocenters. The molecule has 7 nitrogen and oxygen atoms in total. The Balaban J connectivity index is -0.0000000300. The van der Waals surface area contributed by atoms with Crippen molar-refractivity contribution in [3.05, 3.63) is 0 Å². The molecule has 0 bridgehead atoms. The van der Waals surface area contributed by atoms with Crippen molar-refractivity contribution < 1.29 is 138 Å². The van der Waals surface area contributed by atoms with Crippen LogP contribution in [0.3, 0.4) is 0 Å². The molecule has 0 atom stereocenters. The van der Waals surface area contributed by atoms with Gasteiger partial charge in [-0.25, -0.2) is 10.5 Å². The van der Waals surface area contributed by atoms with Gasteiger partial charge in [0.2, 0.25) is 0 Å². The Morgan fingerprint density at radius 3 is 1.20 bits per heavy atom. The van der Waals surface area contributed by atoms with E-state index in [1.807, 2.05) is 0 Å². The van der Waals surface area contributed by atoms with E-state index in [-0.39, 0.29) is 103 Å². The van der Waals surface area contributed by atoms with Gasteiger partial charge in [0.05, 0.1) is 0 Å². The van der Waals surface area contributed by atoms with Gasteiger partial charge in [0, 0.05) is 0 Å². The zero-order valence-electron chi connectivity index (χ0n) is 5.44. The third-order valence-electron chi connectivity index (χ3n) is 0.0333. The summed E-state index contributed by atoms with van der Waals surface area (Å²) in [6.45, 7) is 0. The summed E-state index contributed by atoms with van der Waals surface area (Å²) < 4.78 is 0. The smallest absolute Gasteiger partial charge is 0.652 e. The monoisotopic (exact) mass is 204 g/mol. The summed E-state index contributed by atoms with van der Waals surface area (Å²) in [5.41, 5.74) is 0. The van der Waals surface area contributed by atoms with E-state index in [2.05, 4.69) is 10.1 Å². The van der Waals surface area contributed by atoms with Gasteiger partial charge in [-0.1, -0.05) is 0 Å². The van der Waals surface area contributed by atoms with Crippen LogP contribution in [0.5, 0.6) is 0 Å². The quantitative estimate of drug-likeness (QED) is 0.247. The van der Waals surface area contributed by atoms with E-state index in [0.717, 1.165) is 0 Å². The molecule has 0 aliphatic carbocycles. The molecule has 9 heteroatoms. The first-order valence-electron chi connectivity index (χ1n) is 1.14. The van der Waals surface area contributed by atoms with Gasteiger partial charge in [0.1, 0.15) is 0 Å². The number of hydrogen-bond acceptors (Lipinski definition) is 7. The molecular weight excluding hydrogens is 202 g/mol. The first kappa shape index (κ1) is 22.8. The molecular formula is CH2K2O7. The minimum Gasteiger partial charge on any atom is -0.652 e. The predicted molar refractivity (Wildman–Crippen MR) is 12.8 cm³/mol. The topological polar surface area (TPSA) is 122 Å². The van der Waals surface area contributed by atoms with Crippen LogP contribution in [0.15, 0.2) is 0 Å². The van der Waals surface area contributed by atoms with Crippen molar-refractivity contribution in [1.29, 1.82) is 0 Å². The normalized spacial score (nSPS) is 5.40. The molecule has 0 aromatic heterocycles. The van der Waals surface area contributed by atoms with Gasteiger partial charge in [0.25, 0.3) is 0 Å². The second-order valence-electron chi connectivity index (χ2n) is 0.399. The first-order chi connectivity index (χ1) is 3.65. The molecule has 0 saturated heterocycles. The Kier molecular flexibility index (Phi) is 51.4. The summed E-state index contributed by atoms with van der Waals surface area (Å²) in [6.07, 6.45) is -2.33. The van der Waals surface area contributed by atoms with Crippen LogP contribution in [0, 0.1) is 0 Å². The second-order valence-corrected chi connectivity index (χ2v) is 0.399.